The lowest BCUT2D eigenvalue weighted by Crippen LogP contribution is -2.49. The molecule has 3 amide bonds. The Morgan fingerprint density at radius 1 is 1.38 bits per heavy atom. The molecule has 2 aliphatic rings. The van der Waals surface area contributed by atoms with Gasteiger partial charge >= 0.3 is 0 Å². The molecule has 3 heterocycles. The summed E-state index contributed by atoms with van der Waals surface area (Å²) in [5.74, 6) is 0.221. The Labute approximate surface area is 145 Å². The number of nitrogens with zero attached hydrogens (tertiary/aromatic N) is 1. The minimum atomic E-state index is -0.143. The van der Waals surface area contributed by atoms with E-state index in [0.717, 1.165) is 17.8 Å². The molecule has 1 aromatic heterocycles. The monoisotopic (exact) mass is 349 g/mol. The van der Waals surface area contributed by atoms with Crippen molar-refractivity contribution in [1.82, 2.24) is 15.5 Å². The van der Waals surface area contributed by atoms with Crippen LogP contribution in [0.25, 0.3) is 0 Å². The van der Waals surface area contributed by atoms with Crippen molar-refractivity contribution in [2.24, 2.45) is 0 Å². The Kier molecular flexibility index (Phi) is 5.50. The van der Waals surface area contributed by atoms with Crippen LogP contribution in [0.1, 0.15) is 49.4 Å². The van der Waals surface area contributed by atoms with Gasteiger partial charge in [-0.05, 0) is 30.7 Å². The van der Waals surface area contributed by atoms with Gasteiger partial charge in [0.2, 0.25) is 17.7 Å². The van der Waals surface area contributed by atoms with Crippen LogP contribution < -0.4 is 10.6 Å². The highest BCUT2D eigenvalue weighted by Gasteiger charge is 2.31. The van der Waals surface area contributed by atoms with Crippen molar-refractivity contribution in [3.8, 4) is 0 Å². The Bertz CT molecular complexity index is 602. The van der Waals surface area contributed by atoms with Crippen molar-refractivity contribution in [3.63, 3.8) is 0 Å². The van der Waals surface area contributed by atoms with E-state index in [2.05, 4.69) is 10.6 Å². The molecule has 0 radical (unpaired) electrons. The van der Waals surface area contributed by atoms with Gasteiger partial charge in [0, 0.05) is 37.2 Å². The Hall–Kier alpha value is -1.89. The second-order valence-corrected chi connectivity index (χ2v) is 7.34. The van der Waals surface area contributed by atoms with Gasteiger partial charge in [-0.1, -0.05) is 6.07 Å². The number of rotatable bonds is 6. The van der Waals surface area contributed by atoms with Crippen molar-refractivity contribution >= 4 is 29.1 Å². The smallest absolute Gasteiger partial charge is 0.222 e. The molecule has 0 saturated carbocycles. The summed E-state index contributed by atoms with van der Waals surface area (Å²) in [6, 6.07) is 3.73. The third kappa shape index (κ3) is 4.14. The van der Waals surface area contributed by atoms with Crippen LogP contribution in [0.15, 0.2) is 17.5 Å². The minimum Gasteiger partial charge on any atom is -0.351 e. The molecule has 6 nitrogen and oxygen atoms in total. The largest absolute Gasteiger partial charge is 0.351 e. The lowest BCUT2D eigenvalue weighted by atomic mass is 9.96. The molecule has 2 saturated heterocycles. The van der Waals surface area contributed by atoms with Crippen LogP contribution in [0, 0.1) is 0 Å². The fraction of sp³-hybridized carbons (Fsp3) is 0.588. The number of carbonyl (C=O) groups excluding carboxylic acids is 3. The van der Waals surface area contributed by atoms with Gasteiger partial charge < -0.3 is 15.5 Å². The van der Waals surface area contributed by atoms with Crippen LogP contribution in [0.3, 0.4) is 0 Å². The average molecular weight is 349 g/mol. The number of hydrogen-bond donors (Lipinski definition) is 2. The van der Waals surface area contributed by atoms with Crippen molar-refractivity contribution in [2.45, 2.75) is 50.6 Å². The van der Waals surface area contributed by atoms with E-state index in [-0.39, 0.29) is 29.8 Å². The Balaban J connectivity index is 1.48. The lowest BCUT2D eigenvalue weighted by Gasteiger charge is -2.32. The van der Waals surface area contributed by atoms with E-state index in [1.54, 1.807) is 11.3 Å². The van der Waals surface area contributed by atoms with Gasteiger partial charge in [-0.15, -0.1) is 11.3 Å². The van der Waals surface area contributed by atoms with Crippen LogP contribution >= 0.6 is 11.3 Å². The number of amides is 3. The molecule has 0 aromatic carbocycles. The maximum atomic E-state index is 12.2. The van der Waals surface area contributed by atoms with E-state index < -0.39 is 0 Å². The molecule has 0 spiro atoms. The first-order chi connectivity index (χ1) is 11.6. The third-order valence-corrected chi connectivity index (χ3v) is 5.56. The number of piperidine rings is 1. The molecule has 3 rings (SSSR count). The third-order valence-electron chi connectivity index (χ3n) is 4.60. The quantitative estimate of drug-likeness (QED) is 0.818. The fourth-order valence-electron chi connectivity index (χ4n) is 3.34. The topological polar surface area (TPSA) is 78.5 Å². The molecule has 0 bridgehead atoms. The van der Waals surface area contributed by atoms with E-state index in [9.17, 15) is 14.4 Å². The molecule has 2 atom stereocenters. The normalized spacial score (nSPS) is 24.1. The van der Waals surface area contributed by atoms with Gasteiger partial charge in [-0.25, -0.2) is 0 Å². The van der Waals surface area contributed by atoms with E-state index in [1.165, 1.54) is 0 Å². The molecule has 2 aliphatic heterocycles. The first-order valence-electron chi connectivity index (χ1n) is 8.53. The van der Waals surface area contributed by atoms with Crippen LogP contribution in [-0.4, -0.2) is 41.8 Å². The van der Waals surface area contributed by atoms with E-state index in [4.69, 9.17) is 0 Å². The van der Waals surface area contributed by atoms with E-state index >= 15 is 0 Å². The number of hydrogen-bond acceptors (Lipinski definition) is 4. The summed E-state index contributed by atoms with van der Waals surface area (Å²) in [5, 5.41) is 8.02. The molecule has 1 aromatic rings. The molecular weight excluding hydrogens is 326 g/mol. The molecule has 2 fully saturated rings. The van der Waals surface area contributed by atoms with E-state index in [1.807, 2.05) is 22.4 Å². The van der Waals surface area contributed by atoms with Gasteiger partial charge in [-0.2, -0.15) is 0 Å². The van der Waals surface area contributed by atoms with Crippen molar-refractivity contribution in [2.75, 3.05) is 13.1 Å². The zero-order chi connectivity index (χ0) is 16.9. The first-order valence-corrected chi connectivity index (χ1v) is 9.41. The van der Waals surface area contributed by atoms with Crippen LogP contribution in [0.5, 0.6) is 0 Å². The molecule has 7 heteroatoms. The van der Waals surface area contributed by atoms with Crippen LogP contribution in [-0.2, 0) is 14.4 Å². The lowest BCUT2D eigenvalue weighted by molar-refractivity contribution is -0.128. The van der Waals surface area contributed by atoms with Crippen LogP contribution in [0.4, 0.5) is 0 Å². The summed E-state index contributed by atoms with van der Waals surface area (Å²) in [6.07, 6.45) is 3.75. The highest BCUT2D eigenvalue weighted by molar-refractivity contribution is 7.10. The molecule has 0 unspecified atom stereocenters. The number of likely N-dealkylation sites (tertiary alicyclic amines) is 1. The van der Waals surface area contributed by atoms with Gasteiger partial charge in [-0.3, -0.25) is 14.4 Å². The molecule has 130 valence electrons. The number of thiophene rings is 1. The summed E-state index contributed by atoms with van der Waals surface area (Å²) < 4.78 is 0. The summed E-state index contributed by atoms with van der Waals surface area (Å²) in [4.78, 5) is 38.4. The molecular formula is C17H23N3O3S. The van der Waals surface area contributed by atoms with Gasteiger partial charge in [0.15, 0.2) is 0 Å². The standard InChI is InChI=1S/C17H23N3O3S/c21-14(5-1-9-20-10-2-6-16(20)23)18-12-7-8-15(22)19-17(12)13-4-3-11-24-13/h3-4,11-12,17H,1-2,5-10H2,(H,18,21)(H,19,22)/t12-,17-/m1/s1. The highest BCUT2D eigenvalue weighted by atomic mass is 32.1. The van der Waals surface area contributed by atoms with Gasteiger partial charge in [0.1, 0.15) is 0 Å². The van der Waals surface area contributed by atoms with Crippen LogP contribution in [0.2, 0.25) is 0 Å². The molecule has 0 aliphatic carbocycles. The van der Waals surface area contributed by atoms with Crippen molar-refractivity contribution < 1.29 is 14.4 Å². The summed E-state index contributed by atoms with van der Waals surface area (Å²) >= 11 is 1.59. The predicted octanol–water partition coefficient (Wildman–Crippen LogP) is 1.59. The first kappa shape index (κ1) is 17.0. The minimum absolute atomic E-state index is 0.00986. The highest BCUT2D eigenvalue weighted by Crippen LogP contribution is 2.27. The summed E-state index contributed by atoms with van der Waals surface area (Å²) in [6.45, 7) is 1.47. The Morgan fingerprint density at radius 3 is 2.96 bits per heavy atom. The van der Waals surface area contributed by atoms with Gasteiger partial charge in [0.05, 0.1) is 12.1 Å². The second kappa shape index (κ2) is 7.79. The Morgan fingerprint density at radius 2 is 2.25 bits per heavy atom. The zero-order valence-corrected chi connectivity index (χ0v) is 14.4. The number of nitrogens with one attached hydrogen (secondary N) is 2. The molecule has 2 N–H and O–H groups in total. The average Bonchev–Trinajstić information content (AvgIpc) is 3.21. The summed E-state index contributed by atoms with van der Waals surface area (Å²) in [7, 11) is 0. The number of carbonyl (C=O) groups is 3. The maximum absolute atomic E-state index is 12.2. The second-order valence-electron chi connectivity index (χ2n) is 6.36. The van der Waals surface area contributed by atoms with Crippen molar-refractivity contribution in [1.29, 1.82) is 0 Å². The fourth-order valence-corrected chi connectivity index (χ4v) is 4.18. The maximum Gasteiger partial charge on any atom is 0.222 e. The van der Waals surface area contributed by atoms with E-state index in [0.29, 0.717) is 38.6 Å². The SMILES string of the molecule is O=C(CCCN1CCCC1=O)N[C@@H]1CCC(=O)N[C@H]1c1cccs1. The van der Waals surface area contributed by atoms with Gasteiger partial charge in [0.25, 0.3) is 0 Å². The molecule has 24 heavy (non-hydrogen) atoms. The van der Waals surface area contributed by atoms with Crippen molar-refractivity contribution in [3.05, 3.63) is 22.4 Å². The summed E-state index contributed by atoms with van der Waals surface area (Å²) in [5.41, 5.74) is 0. The zero-order valence-electron chi connectivity index (χ0n) is 13.6. The predicted molar refractivity (Wildman–Crippen MR) is 91.4 cm³/mol.